The Morgan fingerprint density at radius 2 is 2.00 bits per heavy atom. The summed E-state index contributed by atoms with van der Waals surface area (Å²) in [5.41, 5.74) is 2.38. The maximum atomic E-state index is 12.0. The molecule has 0 aliphatic heterocycles. The van der Waals surface area contributed by atoms with Crippen molar-refractivity contribution < 1.29 is 9.53 Å². The minimum atomic E-state index is -0.0493. The molecule has 1 heterocycles. The summed E-state index contributed by atoms with van der Waals surface area (Å²) in [6.07, 6.45) is 0.980. The number of rotatable bonds is 7. The lowest BCUT2D eigenvalue weighted by Crippen LogP contribution is -2.25. The molecule has 5 nitrogen and oxygen atoms in total. The molecule has 2 rings (SSSR count). The Morgan fingerprint density at radius 3 is 2.59 bits per heavy atom. The van der Waals surface area contributed by atoms with E-state index in [2.05, 4.69) is 27.9 Å². The first kappa shape index (κ1) is 16.4. The zero-order valence-corrected chi connectivity index (χ0v) is 13.9. The first-order valence-electron chi connectivity index (χ1n) is 7.35. The number of carbonyl (C=O) groups excluding carboxylic acids is 1. The van der Waals surface area contributed by atoms with Crippen LogP contribution in [0.25, 0.3) is 0 Å². The molecule has 0 spiro atoms. The highest BCUT2D eigenvalue weighted by atomic mass is 32.1. The third kappa shape index (κ3) is 4.80. The van der Waals surface area contributed by atoms with Crippen molar-refractivity contribution in [1.82, 2.24) is 14.1 Å². The van der Waals surface area contributed by atoms with Crippen molar-refractivity contribution in [3.8, 4) is 5.75 Å². The molecule has 0 saturated heterocycles. The fraction of sp³-hybridized carbons (Fsp3) is 0.438. The van der Waals surface area contributed by atoms with Crippen LogP contribution in [0.1, 0.15) is 42.0 Å². The minimum Gasteiger partial charge on any atom is -0.487 e. The van der Waals surface area contributed by atoms with Gasteiger partial charge in [-0.05, 0) is 43.5 Å². The number of nitrogens with one attached hydrogen (secondary N) is 1. The summed E-state index contributed by atoms with van der Waals surface area (Å²) in [4.78, 5) is 12.0. The lowest BCUT2D eigenvalue weighted by molar-refractivity contribution is 0.0952. The fourth-order valence-corrected chi connectivity index (χ4v) is 2.36. The fourth-order valence-electron chi connectivity index (χ4n) is 1.81. The van der Waals surface area contributed by atoms with Crippen LogP contribution >= 0.6 is 11.7 Å². The molecule has 0 saturated carbocycles. The number of hydrogen-bond acceptors (Lipinski definition) is 5. The van der Waals surface area contributed by atoms with Gasteiger partial charge >= 0.3 is 0 Å². The molecule has 0 radical (unpaired) electrons. The summed E-state index contributed by atoms with van der Waals surface area (Å²) in [5, 5.41) is 2.91. The smallest absolute Gasteiger partial charge is 0.251 e. The van der Waals surface area contributed by atoms with E-state index < -0.39 is 0 Å². The van der Waals surface area contributed by atoms with Gasteiger partial charge in [-0.25, -0.2) is 0 Å². The molecule has 118 valence electrons. The topological polar surface area (TPSA) is 64.1 Å². The van der Waals surface area contributed by atoms with E-state index in [0.717, 1.165) is 17.8 Å². The lowest BCUT2D eigenvalue weighted by Gasteiger charge is -2.08. The van der Waals surface area contributed by atoms with Crippen molar-refractivity contribution in [2.75, 3.05) is 6.54 Å². The third-order valence-corrected chi connectivity index (χ3v) is 3.90. The molecule has 2 aromatic rings. The lowest BCUT2D eigenvalue weighted by atomic mass is 10.1. The van der Waals surface area contributed by atoms with E-state index in [1.807, 2.05) is 6.92 Å². The Balaban J connectivity index is 1.84. The van der Waals surface area contributed by atoms with Crippen LogP contribution < -0.4 is 10.1 Å². The molecule has 1 aromatic carbocycles. The highest BCUT2D eigenvalue weighted by Gasteiger charge is 2.07. The standard InChI is InChI=1S/C16H21N3O2S/c1-11(2)8-9-17-16(20)13-4-6-14(7-5-13)21-10-15-12(3)18-22-19-15/h4-7,11H,8-10H2,1-3H3,(H,17,20). The van der Waals surface area contributed by atoms with Gasteiger partial charge in [-0.2, -0.15) is 8.75 Å². The second-order valence-electron chi connectivity index (χ2n) is 5.55. The third-order valence-electron chi connectivity index (χ3n) is 3.25. The van der Waals surface area contributed by atoms with Crippen LogP contribution in [0.3, 0.4) is 0 Å². The molecule has 0 bridgehead atoms. The summed E-state index contributed by atoms with van der Waals surface area (Å²) in [6.45, 7) is 7.27. The second kappa shape index (κ2) is 7.89. The number of hydrogen-bond donors (Lipinski definition) is 1. The van der Waals surface area contributed by atoms with Gasteiger partial charge in [0.2, 0.25) is 0 Å². The Morgan fingerprint density at radius 1 is 1.27 bits per heavy atom. The molecular weight excluding hydrogens is 298 g/mol. The summed E-state index contributed by atoms with van der Waals surface area (Å²) in [7, 11) is 0. The largest absolute Gasteiger partial charge is 0.487 e. The SMILES string of the molecule is Cc1nsnc1COc1ccc(C(=O)NCCC(C)C)cc1. The number of aryl methyl sites for hydroxylation is 1. The Hall–Kier alpha value is -1.95. The maximum absolute atomic E-state index is 12.0. The number of aromatic nitrogens is 2. The highest BCUT2D eigenvalue weighted by molar-refractivity contribution is 6.99. The summed E-state index contributed by atoms with van der Waals surface area (Å²) >= 11 is 1.18. The highest BCUT2D eigenvalue weighted by Crippen LogP contribution is 2.15. The molecule has 0 atom stereocenters. The average Bonchev–Trinajstić information content (AvgIpc) is 2.90. The normalized spacial score (nSPS) is 10.7. The first-order chi connectivity index (χ1) is 10.6. The predicted octanol–water partition coefficient (Wildman–Crippen LogP) is 3.20. The van der Waals surface area contributed by atoms with Crippen molar-refractivity contribution in [3.63, 3.8) is 0 Å². The monoisotopic (exact) mass is 319 g/mol. The van der Waals surface area contributed by atoms with E-state index in [0.29, 0.717) is 30.4 Å². The van der Waals surface area contributed by atoms with Gasteiger partial charge in [0.25, 0.3) is 5.91 Å². The van der Waals surface area contributed by atoms with Gasteiger partial charge in [0.05, 0.1) is 17.4 Å². The Bertz CT molecular complexity index is 608. The molecule has 6 heteroatoms. The van der Waals surface area contributed by atoms with Crippen LogP contribution in [-0.4, -0.2) is 21.2 Å². The Kier molecular flexibility index (Phi) is 5.89. The van der Waals surface area contributed by atoms with Gasteiger partial charge in [0, 0.05) is 12.1 Å². The number of benzene rings is 1. The molecule has 1 amide bonds. The van der Waals surface area contributed by atoms with Gasteiger partial charge in [-0.1, -0.05) is 13.8 Å². The summed E-state index contributed by atoms with van der Waals surface area (Å²) in [5.74, 6) is 1.25. The van der Waals surface area contributed by atoms with Gasteiger partial charge in [-0.15, -0.1) is 0 Å². The second-order valence-corrected chi connectivity index (χ2v) is 6.08. The van der Waals surface area contributed by atoms with Crippen LogP contribution in [0, 0.1) is 12.8 Å². The van der Waals surface area contributed by atoms with Crippen molar-refractivity contribution in [2.24, 2.45) is 5.92 Å². The predicted molar refractivity (Wildman–Crippen MR) is 87.2 cm³/mol. The first-order valence-corrected chi connectivity index (χ1v) is 8.08. The van der Waals surface area contributed by atoms with E-state index in [9.17, 15) is 4.79 Å². The number of amides is 1. The number of nitrogens with zero attached hydrogens (tertiary/aromatic N) is 2. The number of carbonyl (C=O) groups is 1. The molecule has 22 heavy (non-hydrogen) atoms. The van der Waals surface area contributed by atoms with Crippen LogP contribution in [-0.2, 0) is 6.61 Å². The molecule has 0 aliphatic rings. The molecule has 0 aliphatic carbocycles. The van der Waals surface area contributed by atoms with Gasteiger partial charge in [-0.3, -0.25) is 4.79 Å². The van der Waals surface area contributed by atoms with Crippen molar-refractivity contribution in [3.05, 3.63) is 41.2 Å². The zero-order valence-electron chi connectivity index (χ0n) is 13.1. The average molecular weight is 319 g/mol. The maximum Gasteiger partial charge on any atom is 0.251 e. The molecule has 1 aromatic heterocycles. The van der Waals surface area contributed by atoms with Crippen molar-refractivity contribution in [1.29, 1.82) is 0 Å². The van der Waals surface area contributed by atoms with Crippen molar-refractivity contribution >= 4 is 17.6 Å². The van der Waals surface area contributed by atoms with E-state index in [1.54, 1.807) is 24.3 Å². The van der Waals surface area contributed by atoms with Crippen molar-refractivity contribution in [2.45, 2.75) is 33.8 Å². The zero-order chi connectivity index (χ0) is 15.9. The van der Waals surface area contributed by atoms with E-state index in [-0.39, 0.29) is 5.91 Å². The summed E-state index contributed by atoms with van der Waals surface area (Å²) < 4.78 is 13.9. The Labute approximate surface area is 135 Å². The quantitative estimate of drug-likeness (QED) is 0.851. The van der Waals surface area contributed by atoms with E-state index in [1.165, 1.54) is 11.7 Å². The van der Waals surface area contributed by atoms with Crippen LogP contribution in [0.5, 0.6) is 5.75 Å². The van der Waals surface area contributed by atoms with E-state index in [4.69, 9.17) is 4.74 Å². The number of ether oxygens (including phenoxy) is 1. The van der Waals surface area contributed by atoms with Gasteiger partial charge in [0.1, 0.15) is 18.1 Å². The van der Waals surface area contributed by atoms with Crippen LogP contribution in [0.4, 0.5) is 0 Å². The molecular formula is C16H21N3O2S. The van der Waals surface area contributed by atoms with Crippen LogP contribution in [0.2, 0.25) is 0 Å². The minimum absolute atomic E-state index is 0.0493. The van der Waals surface area contributed by atoms with Gasteiger partial charge < -0.3 is 10.1 Å². The van der Waals surface area contributed by atoms with E-state index >= 15 is 0 Å². The van der Waals surface area contributed by atoms with Gasteiger partial charge in [0.15, 0.2) is 0 Å². The molecule has 0 unspecified atom stereocenters. The molecule has 0 fully saturated rings. The van der Waals surface area contributed by atoms with Crippen LogP contribution in [0.15, 0.2) is 24.3 Å². The molecule has 1 N–H and O–H groups in total. The summed E-state index contributed by atoms with van der Waals surface area (Å²) in [6, 6.07) is 7.14.